The van der Waals surface area contributed by atoms with Gasteiger partial charge in [0.25, 0.3) is 5.89 Å². The molecule has 0 amide bonds. The summed E-state index contributed by atoms with van der Waals surface area (Å²) in [5.41, 5.74) is 1.82. The molecule has 2 aromatic carbocycles. The van der Waals surface area contributed by atoms with Gasteiger partial charge in [-0.1, -0.05) is 17.3 Å². The van der Waals surface area contributed by atoms with Crippen molar-refractivity contribution in [3.63, 3.8) is 0 Å². The van der Waals surface area contributed by atoms with Crippen LogP contribution >= 0.6 is 0 Å². The average molecular weight is 324 g/mol. The Kier molecular flexibility index (Phi) is 3.30. The van der Waals surface area contributed by atoms with E-state index in [1.165, 1.54) is 6.07 Å². The van der Waals surface area contributed by atoms with Crippen LogP contribution in [-0.2, 0) is 0 Å². The van der Waals surface area contributed by atoms with Crippen LogP contribution in [0.5, 0.6) is 5.75 Å². The first-order valence-corrected chi connectivity index (χ1v) is 7.33. The Labute approximate surface area is 136 Å². The molecule has 0 N–H and O–H groups in total. The number of methoxy groups -OCH3 is 1. The van der Waals surface area contributed by atoms with Crippen LogP contribution in [0.3, 0.4) is 0 Å². The molecule has 0 aliphatic heterocycles. The molecule has 4 rings (SSSR count). The summed E-state index contributed by atoms with van der Waals surface area (Å²) in [6, 6.07) is 11.8. The molecule has 0 aliphatic rings. The fraction of sp³-hybridized carbons (Fsp3) is 0.111. The fourth-order valence-corrected chi connectivity index (χ4v) is 2.60. The number of hydrogen-bond acceptors (Lipinski definition) is 5. The Hall–Kier alpha value is -3.15. The van der Waals surface area contributed by atoms with Crippen LogP contribution in [-0.4, -0.2) is 17.3 Å². The predicted molar refractivity (Wildman–Crippen MR) is 86.2 cm³/mol. The van der Waals surface area contributed by atoms with Crippen LogP contribution in [0.2, 0.25) is 0 Å². The van der Waals surface area contributed by atoms with Gasteiger partial charge in [-0.15, -0.1) is 0 Å². The molecule has 0 saturated carbocycles. The summed E-state index contributed by atoms with van der Waals surface area (Å²) >= 11 is 0. The van der Waals surface area contributed by atoms with Crippen molar-refractivity contribution >= 4 is 11.0 Å². The second-order valence-corrected chi connectivity index (χ2v) is 5.32. The third-order valence-corrected chi connectivity index (χ3v) is 3.88. The van der Waals surface area contributed by atoms with Crippen molar-refractivity contribution in [1.82, 2.24) is 10.1 Å². The summed E-state index contributed by atoms with van der Waals surface area (Å²) in [7, 11) is 1.61. The molecule has 0 bridgehead atoms. The summed E-state index contributed by atoms with van der Waals surface area (Å²) in [5.74, 6) is 1.20. The molecule has 120 valence electrons. The number of benzene rings is 2. The zero-order valence-corrected chi connectivity index (χ0v) is 13.0. The van der Waals surface area contributed by atoms with Crippen molar-refractivity contribution in [2.45, 2.75) is 6.92 Å². The van der Waals surface area contributed by atoms with Crippen LogP contribution in [0.25, 0.3) is 34.0 Å². The molecule has 0 fully saturated rings. The van der Waals surface area contributed by atoms with Gasteiger partial charge < -0.3 is 13.7 Å². The van der Waals surface area contributed by atoms with Crippen LogP contribution < -0.4 is 4.74 Å². The van der Waals surface area contributed by atoms with E-state index in [4.69, 9.17) is 13.7 Å². The van der Waals surface area contributed by atoms with E-state index in [9.17, 15) is 4.39 Å². The third-order valence-electron chi connectivity index (χ3n) is 3.88. The molecule has 6 heteroatoms. The van der Waals surface area contributed by atoms with Crippen molar-refractivity contribution in [2.75, 3.05) is 7.11 Å². The Morgan fingerprint density at radius 2 is 1.96 bits per heavy atom. The number of aromatic nitrogens is 2. The molecule has 0 spiro atoms. The molecule has 0 aliphatic carbocycles. The number of rotatable bonds is 3. The summed E-state index contributed by atoms with van der Waals surface area (Å²) in [5, 5.41) is 4.83. The number of halogens is 1. The largest absolute Gasteiger partial charge is 0.497 e. The fourth-order valence-electron chi connectivity index (χ4n) is 2.60. The van der Waals surface area contributed by atoms with Gasteiger partial charge in [-0.25, -0.2) is 4.39 Å². The van der Waals surface area contributed by atoms with Crippen molar-refractivity contribution in [2.24, 2.45) is 0 Å². The number of ether oxygens (including phenoxy) is 1. The maximum Gasteiger partial charge on any atom is 0.261 e. The van der Waals surface area contributed by atoms with E-state index in [2.05, 4.69) is 10.1 Å². The molecule has 0 saturated heterocycles. The quantitative estimate of drug-likeness (QED) is 0.551. The van der Waals surface area contributed by atoms with Crippen LogP contribution in [0, 0.1) is 12.7 Å². The van der Waals surface area contributed by atoms with Gasteiger partial charge >= 0.3 is 0 Å². The maximum atomic E-state index is 13.9. The van der Waals surface area contributed by atoms with Gasteiger partial charge in [0.15, 0.2) is 5.76 Å². The van der Waals surface area contributed by atoms with E-state index in [-0.39, 0.29) is 17.3 Å². The van der Waals surface area contributed by atoms with Crippen molar-refractivity contribution in [1.29, 1.82) is 0 Å². The van der Waals surface area contributed by atoms with E-state index < -0.39 is 5.82 Å². The molecule has 24 heavy (non-hydrogen) atoms. The molecule has 2 aromatic heterocycles. The van der Waals surface area contributed by atoms with Crippen molar-refractivity contribution < 1.29 is 18.1 Å². The van der Waals surface area contributed by atoms with E-state index in [1.807, 2.05) is 25.1 Å². The van der Waals surface area contributed by atoms with E-state index in [0.717, 1.165) is 16.7 Å². The normalized spacial score (nSPS) is 11.1. The minimum absolute atomic E-state index is 0.112. The van der Waals surface area contributed by atoms with Gasteiger partial charge in [0.2, 0.25) is 5.82 Å². The molecule has 0 unspecified atom stereocenters. The highest BCUT2D eigenvalue weighted by atomic mass is 19.1. The SMILES string of the molecule is COc1ccc2oc(-c3noc(-c4ccccc4F)n3)c(C)c2c1. The molecule has 4 aromatic rings. The Morgan fingerprint density at radius 3 is 2.75 bits per heavy atom. The van der Waals surface area contributed by atoms with E-state index in [0.29, 0.717) is 11.3 Å². The Morgan fingerprint density at radius 1 is 1.12 bits per heavy atom. The van der Waals surface area contributed by atoms with Gasteiger partial charge in [-0.3, -0.25) is 0 Å². The lowest BCUT2D eigenvalue weighted by Crippen LogP contribution is -1.84. The Balaban J connectivity index is 1.81. The molecular weight excluding hydrogens is 311 g/mol. The van der Waals surface area contributed by atoms with Gasteiger partial charge in [-0.05, 0) is 37.3 Å². The number of furan rings is 1. The van der Waals surface area contributed by atoms with E-state index in [1.54, 1.807) is 25.3 Å². The summed E-state index contributed by atoms with van der Waals surface area (Å²) < 4.78 is 30.1. The standard InChI is InChI=1S/C18H13FN2O3/c1-10-13-9-11(22-2)7-8-15(13)23-16(10)17-20-18(24-21-17)12-5-3-4-6-14(12)19/h3-9H,1-2H3. The van der Waals surface area contributed by atoms with Crippen molar-refractivity contribution in [3.05, 3.63) is 53.8 Å². The second-order valence-electron chi connectivity index (χ2n) is 5.32. The van der Waals surface area contributed by atoms with Gasteiger partial charge in [0.1, 0.15) is 17.1 Å². The average Bonchev–Trinajstić information content (AvgIpc) is 3.20. The highest BCUT2D eigenvalue weighted by Gasteiger charge is 2.20. The number of hydrogen-bond donors (Lipinski definition) is 0. The molecular formula is C18H13FN2O3. The first-order chi connectivity index (χ1) is 11.7. The third kappa shape index (κ3) is 2.23. The molecule has 0 radical (unpaired) electrons. The van der Waals surface area contributed by atoms with Gasteiger partial charge in [0.05, 0.1) is 12.7 Å². The van der Waals surface area contributed by atoms with Crippen LogP contribution in [0.15, 0.2) is 51.4 Å². The van der Waals surface area contributed by atoms with Gasteiger partial charge in [0, 0.05) is 10.9 Å². The monoisotopic (exact) mass is 324 g/mol. The predicted octanol–water partition coefficient (Wildman–Crippen LogP) is 4.61. The zero-order chi connectivity index (χ0) is 16.7. The topological polar surface area (TPSA) is 61.3 Å². The summed E-state index contributed by atoms with van der Waals surface area (Å²) in [4.78, 5) is 4.27. The summed E-state index contributed by atoms with van der Waals surface area (Å²) in [6.07, 6.45) is 0. The van der Waals surface area contributed by atoms with Gasteiger partial charge in [-0.2, -0.15) is 4.98 Å². The molecule has 5 nitrogen and oxygen atoms in total. The number of aryl methyl sites for hydroxylation is 1. The zero-order valence-electron chi connectivity index (χ0n) is 13.0. The minimum Gasteiger partial charge on any atom is -0.497 e. The first-order valence-electron chi connectivity index (χ1n) is 7.33. The highest BCUT2D eigenvalue weighted by molar-refractivity contribution is 5.87. The highest BCUT2D eigenvalue weighted by Crippen LogP contribution is 2.34. The Bertz CT molecular complexity index is 1040. The lowest BCUT2D eigenvalue weighted by molar-refractivity contribution is 0.415. The van der Waals surface area contributed by atoms with Crippen LogP contribution in [0.4, 0.5) is 4.39 Å². The van der Waals surface area contributed by atoms with Crippen LogP contribution in [0.1, 0.15) is 5.56 Å². The number of nitrogens with zero attached hydrogens (tertiary/aromatic N) is 2. The second kappa shape index (κ2) is 5.49. The lowest BCUT2D eigenvalue weighted by Gasteiger charge is -1.97. The summed E-state index contributed by atoms with van der Waals surface area (Å²) in [6.45, 7) is 1.90. The van der Waals surface area contributed by atoms with E-state index >= 15 is 0 Å². The smallest absolute Gasteiger partial charge is 0.261 e. The first kappa shape index (κ1) is 14.4. The maximum absolute atomic E-state index is 13.9. The molecule has 2 heterocycles. The minimum atomic E-state index is -0.418. The lowest BCUT2D eigenvalue weighted by atomic mass is 10.1. The number of fused-ring (bicyclic) bond motifs is 1. The molecule has 0 atom stereocenters. The van der Waals surface area contributed by atoms with Crippen molar-refractivity contribution in [3.8, 4) is 28.8 Å².